The molecule has 1 rings (SSSR count). The van der Waals surface area contributed by atoms with Crippen LogP contribution in [0.5, 0.6) is 0 Å². The zero-order valence-corrected chi connectivity index (χ0v) is 6.81. The van der Waals surface area contributed by atoms with Crippen molar-refractivity contribution in [1.29, 1.82) is 0 Å². The van der Waals surface area contributed by atoms with Crippen LogP contribution in [0.1, 0.15) is 0 Å². The number of benzene rings is 1. The highest BCUT2D eigenvalue weighted by Gasteiger charge is 2.19. The van der Waals surface area contributed by atoms with Gasteiger partial charge in [-0.1, -0.05) is 12.1 Å². The van der Waals surface area contributed by atoms with Gasteiger partial charge in [-0.3, -0.25) is 0 Å². The standard InChI is InChI=1S/C6H6N4O4/c11-7-9(13)5-3-1-2-4-6(5)10(14)8-12/h1-4,11-12H/b9-7-,10-8-. The lowest BCUT2D eigenvalue weighted by molar-refractivity contribution is -0.506. The summed E-state index contributed by atoms with van der Waals surface area (Å²) < 4.78 is 0. The molecule has 0 spiro atoms. The fourth-order valence-electron chi connectivity index (χ4n) is 0.884. The molecule has 2 N–H and O–H groups in total. The fraction of sp³-hybridized carbons (Fsp3) is 0. The van der Waals surface area contributed by atoms with Gasteiger partial charge in [0.05, 0.1) is 0 Å². The van der Waals surface area contributed by atoms with Gasteiger partial charge in [-0.25, -0.2) is 0 Å². The highest BCUT2D eigenvalue weighted by atomic mass is 16.6. The topological polar surface area (TPSA) is 117 Å². The molecule has 0 aliphatic carbocycles. The summed E-state index contributed by atoms with van der Waals surface area (Å²) >= 11 is 0. The first-order chi connectivity index (χ1) is 6.70. The van der Waals surface area contributed by atoms with Crippen LogP contribution in [0, 0.1) is 10.4 Å². The van der Waals surface area contributed by atoms with Crippen molar-refractivity contribution in [3.63, 3.8) is 0 Å². The van der Waals surface area contributed by atoms with Crippen molar-refractivity contribution in [2.24, 2.45) is 10.6 Å². The summed E-state index contributed by atoms with van der Waals surface area (Å²) in [5.74, 6) is 0. The minimum atomic E-state index is -0.234. The van der Waals surface area contributed by atoms with Crippen LogP contribution in [0.15, 0.2) is 34.8 Å². The van der Waals surface area contributed by atoms with E-state index in [2.05, 4.69) is 10.6 Å². The second-order valence-electron chi connectivity index (χ2n) is 2.21. The molecule has 14 heavy (non-hydrogen) atoms. The van der Waals surface area contributed by atoms with Gasteiger partial charge in [0.1, 0.15) is 0 Å². The Labute approximate surface area is 77.7 Å². The number of hydrogen-bond acceptors (Lipinski definition) is 4. The van der Waals surface area contributed by atoms with Crippen LogP contribution in [-0.2, 0) is 0 Å². The molecule has 0 aliphatic rings. The minimum Gasteiger partial charge on any atom is -0.591 e. The molecular weight excluding hydrogens is 192 g/mol. The zero-order chi connectivity index (χ0) is 10.6. The number of rotatable bonds is 2. The molecule has 0 heterocycles. The van der Waals surface area contributed by atoms with Gasteiger partial charge in [0.25, 0.3) is 0 Å². The van der Waals surface area contributed by atoms with Gasteiger partial charge >= 0.3 is 11.4 Å². The number of nitrogens with zero attached hydrogens (tertiary/aromatic N) is 4. The van der Waals surface area contributed by atoms with E-state index in [1.165, 1.54) is 24.3 Å². The summed E-state index contributed by atoms with van der Waals surface area (Å²) in [5, 5.41) is 42.8. The van der Waals surface area contributed by atoms with Gasteiger partial charge in [-0.15, -0.1) is 0 Å². The molecule has 0 saturated heterocycles. The zero-order valence-electron chi connectivity index (χ0n) is 6.81. The largest absolute Gasteiger partial charge is 0.591 e. The Bertz CT molecular complexity index is 352. The maximum absolute atomic E-state index is 10.9. The van der Waals surface area contributed by atoms with Crippen molar-refractivity contribution in [2.75, 3.05) is 0 Å². The smallest absolute Gasteiger partial charge is 0.322 e. The summed E-state index contributed by atoms with van der Waals surface area (Å²) in [5.41, 5.74) is -0.467. The van der Waals surface area contributed by atoms with E-state index in [1.807, 2.05) is 0 Å². The lowest BCUT2D eigenvalue weighted by Crippen LogP contribution is -1.98. The van der Waals surface area contributed by atoms with Gasteiger partial charge in [0.15, 0.2) is 0 Å². The molecule has 0 atom stereocenters. The highest BCUT2D eigenvalue weighted by Crippen LogP contribution is 2.25. The van der Waals surface area contributed by atoms with Crippen LogP contribution < -0.4 is 0 Å². The predicted molar refractivity (Wildman–Crippen MR) is 41.4 cm³/mol. The van der Waals surface area contributed by atoms with E-state index in [1.54, 1.807) is 0 Å². The molecule has 8 heteroatoms. The SMILES string of the molecule is [O-]/[N+](=N\O)c1ccccc1/[N+]([O-])=N/O. The first kappa shape index (κ1) is 9.71. The third-order valence-electron chi connectivity index (χ3n) is 1.46. The molecule has 0 unspecified atom stereocenters. The molecule has 1 aromatic carbocycles. The van der Waals surface area contributed by atoms with Crippen molar-refractivity contribution in [3.8, 4) is 0 Å². The molecule has 0 fully saturated rings. The second-order valence-corrected chi connectivity index (χ2v) is 2.21. The van der Waals surface area contributed by atoms with Crippen molar-refractivity contribution in [1.82, 2.24) is 0 Å². The lowest BCUT2D eigenvalue weighted by atomic mass is 10.3. The Hall–Kier alpha value is -2.38. The summed E-state index contributed by atoms with van der Waals surface area (Å²) in [4.78, 5) is -0.350. The Morgan fingerprint density at radius 1 is 0.929 bits per heavy atom. The first-order valence-corrected chi connectivity index (χ1v) is 3.44. The summed E-state index contributed by atoms with van der Waals surface area (Å²) in [6.45, 7) is 0. The van der Waals surface area contributed by atoms with E-state index < -0.39 is 0 Å². The van der Waals surface area contributed by atoms with E-state index in [4.69, 9.17) is 10.4 Å². The lowest BCUT2D eigenvalue weighted by Gasteiger charge is -2.00. The first-order valence-electron chi connectivity index (χ1n) is 3.44. The summed E-state index contributed by atoms with van der Waals surface area (Å²) in [6, 6.07) is 5.39. The van der Waals surface area contributed by atoms with Crippen molar-refractivity contribution < 1.29 is 20.1 Å². The molecule has 8 nitrogen and oxygen atoms in total. The van der Waals surface area contributed by atoms with Crippen molar-refractivity contribution >= 4 is 11.4 Å². The fourth-order valence-corrected chi connectivity index (χ4v) is 0.884. The van der Waals surface area contributed by atoms with E-state index in [9.17, 15) is 10.4 Å². The Balaban J connectivity index is 3.30. The molecular formula is C6H6N4O4. The quantitative estimate of drug-likeness (QED) is 0.426. The maximum atomic E-state index is 10.9. The Kier molecular flexibility index (Phi) is 2.79. The molecule has 0 saturated carbocycles. The summed E-state index contributed by atoms with van der Waals surface area (Å²) in [7, 11) is 0. The Morgan fingerprint density at radius 3 is 1.57 bits per heavy atom. The van der Waals surface area contributed by atoms with Gasteiger partial charge in [-0.2, -0.15) is 0 Å². The monoisotopic (exact) mass is 198 g/mol. The molecule has 0 aliphatic heterocycles. The van der Waals surface area contributed by atoms with Gasteiger partial charge in [-0.05, 0) is 9.72 Å². The van der Waals surface area contributed by atoms with E-state index >= 15 is 0 Å². The molecule has 74 valence electrons. The van der Waals surface area contributed by atoms with Crippen molar-refractivity contribution in [3.05, 3.63) is 34.7 Å². The second kappa shape index (κ2) is 4.03. The maximum Gasteiger partial charge on any atom is 0.322 e. The highest BCUT2D eigenvalue weighted by molar-refractivity contribution is 5.51. The van der Waals surface area contributed by atoms with Crippen LogP contribution in [0.25, 0.3) is 0 Å². The van der Waals surface area contributed by atoms with Crippen molar-refractivity contribution in [2.45, 2.75) is 0 Å². The molecule has 0 bridgehead atoms. The summed E-state index contributed by atoms with van der Waals surface area (Å²) in [6.07, 6.45) is 0. The Morgan fingerprint density at radius 2 is 1.29 bits per heavy atom. The predicted octanol–water partition coefficient (Wildman–Crippen LogP) is 1.65. The van der Waals surface area contributed by atoms with E-state index in [0.29, 0.717) is 0 Å². The van der Waals surface area contributed by atoms with Gasteiger partial charge < -0.3 is 20.8 Å². The van der Waals surface area contributed by atoms with Crippen LogP contribution in [0.3, 0.4) is 0 Å². The average molecular weight is 198 g/mol. The van der Waals surface area contributed by atoms with Crippen LogP contribution >= 0.6 is 0 Å². The normalized spacial score (nSPS) is 12.9. The molecule has 0 radical (unpaired) electrons. The molecule has 0 aromatic heterocycles. The van der Waals surface area contributed by atoms with Crippen LogP contribution in [-0.4, -0.2) is 20.1 Å². The van der Waals surface area contributed by atoms with Gasteiger partial charge in [0.2, 0.25) is 10.6 Å². The van der Waals surface area contributed by atoms with Crippen LogP contribution in [0.2, 0.25) is 0 Å². The van der Waals surface area contributed by atoms with E-state index in [-0.39, 0.29) is 21.1 Å². The minimum absolute atomic E-state index is 0.175. The number of para-hydroxylation sites is 2. The van der Waals surface area contributed by atoms with Gasteiger partial charge in [0, 0.05) is 12.1 Å². The molecule has 1 aromatic rings. The third kappa shape index (κ3) is 1.68. The average Bonchev–Trinajstić information content (AvgIpc) is 2.27. The van der Waals surface area contributed by atoms with E-state index in [0.717, 1.165) is 0 Å². The third-order valence-corrected chi connectivity index (χ3v) is 1.46. The number of hydrogen-bond donors (Lipinski definition) is 2. The molecule has 0 amide bonds. The van der Waals surface area contributed by atoms with Crippen LogP contribution in [0.4, 0.5) is 11.4 Å².